The molecule has 1 unspecified atom stereocenters. The van der Waals surface area contributed by atoms with Gasteiger partial charge in [-0.2, -0.15) is 0 Å². The zero-order valence-electron chi connectivity index (χ0n) is 5.41. The molecular formula is C5H4Cl4O2. The zero-order chi connectivity index (χ0) is 9.23. The number of carbonyl (C=O) groups is 2. The van der Waals surface area contributed by atoms with Gasteiger partial charge in [-0.1, -0.05) is 30.1 Å². The van der Waals surface area contributed by atoms with Gasteiger partial charge in [-0.15, -0.1) is 0 Å². The second-order valence-corrected chi connectivity index (χ2v) is 4.02. The van der Waals surface area contributed by atoms with E-state index in [1.165, 1.54) is 6.92 Å². The van der Waals surface area contributed by atoms with Crippen LogP contribution in [0.3, 0.4) is 0 Å². The maximum atomic E-state index is 10.5. The highest BCUT2D eigenvalue weighted by atomic mass is 35.5. The van der Waals surface area contributed by atoms with Crippen LogP contribution >= 0.6 is 46.4 Å². The average molecular weight is 238 g/mol. The van der Waals surface area contributed by atoms with Gasteiger partial charge in [-0.3, -0.25) is 9.59 Å². The summed E-state index contributed by atoms with van der Waals surface area (Å²) >= 11 is 20.8. The summed E-state index contributed by atoms with van der Waals surface area (Å²) in [6.45, 7) is 1.32. The molecule has 0 aromatic heterocycles. The van der Waals surface area contributed by atoms with Crippen LogP contribution in [-0.2, 0) is 9.59 Å². The zero-order valence-corrected chi connectivity index (χ0v) is 8.43. The lowest BCUT2D eigenvalue weighted by Gasteiger charge is -2.18. The van der Waals surface area contributed by atoms with Crippen molar-refractivity contribution in [2.75, 3.05) is 0 Å². The van der Waals surface area contributed by atoms with Crippen molar-refractivity contribution in [2.24, 2.45) is 5.92 Å². The molecule has 6 heteroatoms. The third kappa shape index (κ3) is 2.79. The topological polar surface area (TPSA) is 34.1 Å². The first kappa shape index (κ1) is 11.5. The van der Waals surface area contributed by atoms with Crippen LogP contribution in [0.15, 0.2) is 0 Å². The minimum Gasteiger partial charge on any atom is -0.281 e. The van der Waals surface area contributed by atoms with Crippen molar-refractivity contribution in [3.8, 4) is 0 Å². The van der Waals surface area contributed by atoms with E-state index in [0.29, 0.717) is 0 Å². The van der Waals surface area contributed by atoms with E-state index in [1.807, 2.05) is 0 Å². The van der Waals surface area contributed by atoms with E-state index in [4.69, 9.17) is 46.4 Å². The molecule has 64 valence electrons. The summed E-state index contributed by atoms with van der Waals surface area (Å²) < 4.78 is -1.93. The van der Waals surface area contributed by atoms with E-state index < -0.39 is 20.7 Å². The summed E-state index contributed by atoms with van der Waals surface area (Å²) in [6, 6.07) is 0. The van der Waals surface area contributed by atoms with E-state index in [-0.39, 0.29) is 0 Å². The Hall–Kier alpha value is 0.500. The Morgan fingerprint density at radius 2 is 1.64 bits per heavy atom. The smallest absolute Gasteiger partial charge is 0.258 e. The summed E-state index contributed by atoms with van der Waals surface area (Å²) in [5, 5.41) is -1.81. The Labute approximate surface area is 83.7 Å². The van der Waals surface area contributed by atoms with Crippen LogP contribution in [-0.4, -0.2) is 14.8 Å². The largest absolute Gasteiger partial charge is 0.281 e. The molecule has 0 heterocycles. The number of carbonyl (C=O) groups excluding carboxylic acids is 2. The van der Waals surface area contributed by atoms with Crippen molar-refractivity contribution < 1.29 is 9.59 Å². The quantitative estimate of drug-likeness (QED) is 0.558. The molecule has 0 amide bonds. The Morgan fingerprint density at radius 3 is 1.73 bits per heavy atom. The summed E-state index contributed by atoms with van der Waals surface area (Å²) in [7, 11) is 0. The van der Waals surface area contributed by atoms with Crippen molar-refractivity contribution in [2.45, 2.75) is 11.3 Å². The molecule has 0 N–H and O–H groups in total. The molecule has 0 aliphatic heterocycles. The van der Waals surface area contributed by atoms with Gasteiger partial charge in [0.25, 0.3) is 5.24 Å². The van der Waals surface area contributed by atoms with Crippen LogP contribution in [0.25, 0.3) is 0 Å². The molecule has 0 aliphatic carbocycles. The van der Waals surface area contributed by atoms with Gasteiger partial charge in [0.2, 0.25) is 9.58 Å². The molecular weight excluding hydrogens is 234 g/mol. The molecule has 11 heavy (non-hydrogen) atoms. The lowest BCUT2D eigenvalue weighted by atomic mass is 10.1. The summed E-state index contributed by atoms with van der Waals surface area (Å²) in [5.41, 5.74) is 0. The molecule has 1 atom stereocenters. The molecule has 0 saturated carbocycles. The first-order chi connectivity index (χ1) is 4.80. The van der Waals surface area contributed by atoms with Gasteiger partial charge >= 0.3 is 0 Å². The predicted molar refractivity (Wildman–Crippen MR) is 45.3 cm³/mol. The van der Waals surface area contributed by atoms with Gasteiger partial charge in [-0.25, -0.2) is 0 Å². The van der Waals surface area contributed by atoms with Crippen molar-refractivity contribution >= 4 is 56.9 Å². The highest BCUT2D eigenvalue weighted by Crippen LogP contribution is 2.34. The lowest BCUT2D eigenvalue weighted by Crippen LogP contribution is -2.33. The van der Waals surface area contributed by atoms with E-state index in [0.717, 1.165) is 0 Å². The second-order valence-electron chi connectivity index (χ2n) is 1.92. The molecule has 0 saturated heterocycles. The maximum Gasteiger partial charge on any atom is 0.258 e. The van der Waals surface area contributed by atoms with Crippen LogP contribution in [0.2, 0.25) is 0 Å². The van der Waals surface area contributed by atoms with Crippen LogP contribution < -0.4 is 0 Å². The maximum absolute atomic E-state index is 10.5. The van der Waals surface area contributed by atoms with Gasteiger partial charge in [0.15, 0.2) is 0 Å². The Balaban J connectivity index is 4.55. The van der Waals surface area contributed by atoms with Crippen molar-refractivity contribution in [1.82, 2.24) is 0 Å². The number of rotatable bonds is 3. The SMILES string of the molecule is CC(C(=O)Cl)C(Cl)(Cl)C(=O)Cl. The van der Waals surface area contributed by atoms with Gasteiger partial charge in [0, 0.05) is 0 Å². The van der Waals surface area contributed by atoms with Crippen LogP contribution in [0.4, 0.5) is 0 Å². The van der Waals surface area contributed by atoms with Crippen molar-refractivity contribution in [3.05, 3.63) is 0 Å². The Morgan fingerprint density at radius 1 is 1.27 bits per heavy atom. The predicted octanol–water partition coefficient (Wildman–Crippen LogP) is 2.33. The number of alkyl halides is 2. The normalized spacial score (nSPS) is 14.3. The summed E-state index contributed by atoms with van der Waals surface area (Å²) in [5.74, 6) is -1.02. The molecule has 2 nitrogen and oxygen atoms in total. The van der Waals surface area contributed by atoms with Gasteiger partial charge in [-0.05, 0) is 23.2 Å². The monoisotopic (exact) mass is 236 g/mol. The van der Waals surface area contributed by atoms with Crippen molar-refractivity contribution in [3.63, 3.8) is 0 Å². The number of halogens is 4. The molecule has 0 aromatic carbocycles. The highest BCUT2D eigenvalue weighted by Gasteiger charge is 2.42. The molecule has 0 bridgehead atoms. The summed E-state index contributed by atoms with van der Waals surface area (Å²) in [4.78, 5) is 21.0. The van der Waals surface area contributed by atoms with Crippen LogP contribution in [0.5, 0.6) is 0 Å². The molecule has 0 rings (SSSR count). The lowest BCUT2D eigenvalue weighted by molar-refractivity contribution is -0.119. The van der Waals surface area contributed by atoms with E-state index >= 15 is 0 Å². The molecule has 0 aromatic rings. The third-order valence-electron chi connectivity index (χ3n) is 1.15. The van der Waals surface area contributed by atoms with E-state index in [1.54, 1.807) is 0 Å². The van der Waals surface area contributed by atoms with Gasteiger partial charge in [0.1, 0.15) is 0 Å². The fraction of sp³-hybridized carbons (Fsp3) is 0.600. The fourth-order valence-corrected chi connectivity index (χ4v) is 0.950. The molecule has 0 radical (unpaired) electrons. The summed E-state index contributed by atoms with van der Waals surface area (Å²) in [6.07, 6.45) is 0. The van der Waals surface area contributed by atoms with E-state index in [9.17, 15) is 9.59 Å². The van der Waals surface area contributed by atoms with Crippen molar-refractivity contribution in [1.29, 1.82) is 0 Å². The minimum absolute atomic E-state index is 0.802. The molecule has 0 spiro atoms. The standard InChI is InChI=1S/C5H4Cl4O2/c1-2(3(6)10)5(8,9)4(7)11/h2H,1H3. The van der Waals surface area contributed by atoms with Gasteiger partial charge < -0.3 is 0 Å². The first-order valence-corrected chi connectivity index (χ1v) is 4.08. The number of hydrogen-bond acceptors (Lipinski definition) is 2. The first-order valence-electron chi connectivity index (χ1n) is 2.57. The van der Waals surface area contributed by atoms with Crippen LogP contribution in [0, 0.1) is 5.92 Å². The van der Waals surface area contributed by atoms with Gasteiger partial charge in [0.05, 0.1) is 5.92 Å². The molecule has 0 fully saturated rings. The fourth-order valence-electron chi connectivity index (χ4n) is 0.313. The Kier molecular flexibility index (Phi) is 4.12. The van der Waals surface area contributed by atoms with Crippen LogP contribution in [0.1, 0.15) is 6.92 Å². The van der Waals surface area contributed by atoms with E-state index in [2.05, 4.69) is 0 Å². The second kappa shape index (κ2) is 3.94. The minimum atomic E-state index is -1.93. The number of hydrogen-bond donors (Lipinski definition) is 0. The third-order valence-corrected chi connectivity index (χ3v) is 2.96. The Bertz CT molecular complexity index is 189. The highest BCUT2D eigenvalue weighted by molar-refractivity contribution is 6.80. The average Bonchev–Trinajstić information content (AvgIpc) is 1.85. The molecule has 0 aliphatic rings.